The molecule has 0 saturated heterocycles. The van der Waals surface area contributed by atoms with Crippen LogP contribution >= 0.6 is 11.6 Å². The van der Waals surface area contributed by atoms with Crippen molar-refractivity contribution >= 4 is 21.6 Å². The molecule has 0 aliphatic heterocycles. The topological polar surface area (TPSA) is 87.6 Å². The smallest absolute Gasteiger partial charge is 0.275 e. The third kappa shape index (κ3) is 2.94. The Kier molecular flexibility index (Phi) is 4.12. The summed E-state index contributed by atoms with van der Waals surface area (Å²) in [5.74, 6) is 0. The van der Waals surface area contributed by atoms with Gasteiger partial charge in [-0.25, -0.2) is 0 Å². The van der Waals surface area contributed by atoms with Gasteiger partial charge in [-0.3, -0.25) is 9.36 Å². The molecule has 0 N–H and O–H groups in total. The molecule has 0 saturated carbocycles. The minimum atomic E-state index is -3.95. The summed E-state index contributed by atoms with van der Waals surface area (Å²) in [6.07, 6.45) is 6.54. The third-order valence-corrected chi connectivity index (χ3v) is 5.97. The summed E-state index contributed by atoms with van der Waals surface area (Å²) in [6, 6.07) is 8.09. The van der Waals surface area contributed by atoms with Crippen molar-refractivity contribution in [1.29, 1.82) is 0 Å². The number of benzene rings is 1. The van der Waals surface area contributed by atoms with Crippen LogP contribution in [0.1, 0.15) is 0 Å². The first-order valence-electron chi connectivity index (χ1n) is 7.95. The van der Waals surface area contributed by atoms with Gasteiger partial charge in [0, 0.05) is 37.6 Å². The first-order chi connectivity index (χ1) is 12.9. The van der Waals surface area contributed by atoms with Gasteiger partial charge in [0.15, 0.2) is 0 Å². The number of hydrogen-bond donors (Lipinski definition) is 0. The normalized spacial score (nSPS) is 11.8. The highest BCUT2D eigenvalue weighted by atomic mass is 35.5. The van der Waals surface area contributed by atoms with Gasteiger partial charge >= 0.3 is 0 Å². The molecule has 0 aliphatic carbocycles. The second kappa shape index (κ2) is 6.36. The monoisotopic (exact) mass is 402 g/mol. The summed E-state index contributed by atoms with van der Waals surface area (Å²) < 4.78 is 30.6. The number of aryl methyl sites for hydroxylation is 2. The molecule has 0 atom stereocenters. The predicted octanol–water partition coefficient (Wildman–Crippen LogP) is 2.57. The maximum atomic E-state index is 13.2. The molecular formula is C17H15ClN6O2S. The number of hydrogen-bond acceptors (Lipinski definition) is 5. The van der Waals surface area contributed by atoms with E-state index in [2.05, 4.69) is 15.3 Å². The highest BCUT2D eigenvalue weighted by molar-refractivity contribution is 7.90. The highest BCUT2D eigenvalue weighted by Crippen LogP contribution is 2.37. The molecular weight excluding hydrogens is 388 g/mol. The zero-order valence-electron chi connectivity index (χ0n) is 14.5. The lowest BCUT2D eigenvalue weighted by atomic mass is 10.2. The maximum Gasteiger partial charge on any atom is 0.283 e. The standard InChI is InChI=1S/C17H15ClN6O2S/c1-22-10-12(8-19-22)16-15(18)17(13-9-20-23(2)11-13)24(21-16)27(25,26)14-6-4-3-5-7-14/h3-11H,1-2H3. The van der Waals surface area contributed by atoms with E-state index in [0.717, 1.165) is 4.09 Å². The van der Waals surface area contributed by atoms with Crippen LogP contribution in [0.15, 0.2) is 60.0 Å². The molecule has 0 radical (unpaired) electrons. The molecule has 0 aliphatic rings. The van der Waals surface area contributed by atoms with Gasteiger partial charge in [0.2, 0.25) is 0 Å². The van der Waals surface area contributed by atoms with Gasteiger partial charge in [0.05, 0.1) is 22.3 Å². The summed E-state index contributed by atoms with van der Waals surface area (Å²) in [5.41, 5.74) is 1.76. The quantitative estimate of drug-likeness (QED) is 0.523. The molecule has 8 nitrogen and oxygen atoms in total. The summed E-state index contributed by atoms with van der Waals surface area (Å²) in [4.78, 5) is 0.118. The van der Waals surface area contributed by atoms with E-state index in [4.69, 9.17) is 11.6 Å². The van der Waals surface area contributed by atoms with Crippen LogP contribution in [0.25, 0.3) is 22.5 Å². The van der Waals surface area contributed by atoms with E-state index < -0.39 is 10.0 Å². The van der Waals surface area contributed by atoms with E-state index in [9.17, 15) is 8.42 Å². The first kappa shape index (κ1) is 17.5. The molecule has 10 heteroatoms. The minimum Gasteiger partial charge on any atom is -0.275 e. The van der Waals surface area contributed by atoms with Crippen molar-refractivity contribution in [3.63, 3.8) is 0 Å². The fourth-order valence-corrected chi connectivity index (χ4v) is 4.47. The van der Waals surface area contributed by atoms with E-state index in [1.54, 1.807) is 66.4 Å². The van der Waals surface area contributed by atoms with Gasteiger partial charge in [-0.2, -0.15) is 27.8 Å². The fraction of sp³-hybridized carbons (Fsp3) is 0.118. The van der Waals surface area contributed by atoms with Crippen molar-refractivity contribution in [3.8, 4) is 22.5 Å². The average Bonchev–Trinajstić information content (AvgIpc) is 3.34. The lowest BCUT2D eigenvalue weighted by Crippen LogP contribution is -2.15. The molecule has 27 heavy (non-hydrogen) atoms. The van der Waals surface area contributed by atoms with Crippen LogP contribution in [0.2, 0.25) is 5.02 Å². The summed E-state index contributed by atoms with van der Waals surface area (Å²) in [7, 11) is -0.452. The first-order valence-corrected chi connectivity index (χ1v) is 9.77. The van der Waals surface area contributed by atoms with Crippen LogP contribution in [0.5, 0.6) is 0 Å². The van der Waals surface area contributed by atoms with Crippen LogP contribution < -0.4 is 0 Å². The van der Waals surface area contributed by atoms with Crippen molar-refractivity contribution in [1.82, 2.24) is 28.7 Å². The van der Waals surface area contributed by atoms with Crippen molar-refractivity contribution in [2.75, 3.05) is 0 Å². The van der Waals surface area contributed by atoms with Crippen molar-refractivity contribution in [2.45, 2.75) is 4.90 Å². The minimum absolute atomic E-state index is 0.118. The van der Waals surface area contributed by atoms with E-state index in [1.807, 2.05) is 0 Å². The second-order valence-corrected chi connectivity index (χ2v) is 8.12. The largest absolute Gasteiger partial charge is 0.283 e. The van der Waals surface area contributed by atoms with Crippen LogP contribution in [-0.2, 0) is 24.1 Å². The molecule has 0 fully saturated rings. The van der Waals surface area contributed by atoms with Crippen molar-refractivity contribution < 1.29 is 8.42 Å². The Bertz CT molecular complexity index is 1220. The molecule has 0 bridgehead atoms. The summed E-state index contributed by atoms with van der Waals surface area (Å²) in [6.45, 7) is 0. The molecule has 1 aromatic carbocycles. The van der Waals surface area contributed by atoms with Gasteiger partial charge in [0.25, 0.3) is 10.0 Å². The van der Waals surface area contributed by atoms with Crippen LogP contribution in [0.4, 0.5) is 0 Å². The number of halogens is 1. The summed E-state index contributed by atoms with van der Waals surface area (Å²) >= 11 is 6.59. The van der Waals surface area contributed by atoms with Crippen molar-refractivity contribution in [2.24, 2.45) is 14.1 Å². The molecule has 4 aromatic rings. The lowest BCUT2D eigenvalue weighted by Gasteiger charge is -2.07. The van der Waals surface area contributed by atoms with E-state index in [-0.39, 0.29) is 15.6 Å². The molecule has 3 heterocycles. The van der Waals surface area contributed by atoms with E-state index in [0.29, 0.717) is 16.8 Å². The maximum absolute atomic E-state index is 13.2. The van der Waals surface area contributed by atoms with Crippen LogP contribution in [0.3, 0.4) is 0 Å². The van der Waals surface area contributed by atoms with Crippen LogP contribution in [-0.4, -0.2) is 37.2 Å². The van der Waals surface area contributed by atoms with Gasteiger partial charge in [-0.1, -0.05) is 29.8 Å². The Hall–Kier alpha value is -2.91. The molecule has 138 valence electrons. The molecule has 3 aromatic heterocycles. The Labute approximate surface area is 160 Å². The Balaban J connectivity index is 2.00. The fourth-order valence-electron chi connectivity index (χ4n) is 2.76. The van der Waals surface area contributed by atoms with Crippen LogP contribution in [0, 0.1) is 0 Å². The van der Waals surface area contributed by atoms with Crippen molar-refractivity contribution in [3.05, 3.63) is 60.1 Å². The van der Waals surface area contributed by atoms with Gasteiger partial charge in [0.1, 0.15) is 11.4 Å². The second-order valence-electron chi connectivity index (χ2n) is 5.98. The molecule has 4 rings (SSSR count). The van der Waals surface area contributed by atoms with Gasteiger partial charge < -0.3 is 0 Å². The molecule has 0 spiro atoms. The van der Waals surface area contributed by atoms with Gasteiger partial charge in [-0.15, -0.1) is 0 Å². The predicted molar refractivity (Wildman–Crippen MR) is 101 cm³/mol. The summed E-state index contributed by atoms with van der Waals surface area (Å²) in [5, 5.41) is 12.8. The number of aromatic nitrogens is 6. The Morgan fingerprint density at radius 2 is 1.52 bits per heavy atom. The zero-order chi connectivity index (χ0) is 19.2. The molecule has 0 amide bonds. The SMILES string of the molecule is Cn1cc(-c2nn(S(=O)(=O)c3ccccc3)c(-c3cnn(C)c3)c2Cl)cn1. The highest BCUT2D eigenvalue weighted by Gasteiger charge is 2.29. The third-order valence-electron chi connectivity index (χ3n) is 4.02. The van der Waals surface area contributed by atoms with Gasteiger partial charge in [-0.05, 0) is 12.1 Å². The molecule has 0 unspecified atom stereocenters. The Morgan fingerprint density at radius 1 is 0.926 bits per heavy atom. The Morgan fingerprint density at radius 3 is 2.07 bits per heavy atom. The van der Waals surface area contributed by atoms with E-state index >= 15 is 0 Å². The lowest BCUT2D eigenvalue weighted by molar-refractivity contribution is 0.581. The number of nitrogens with zero attached hydrogens (tertiary/aromatic N) is 6. The van der Waals surface area contributed by atoms with E-state index in [1.165, 1.54) is 12.1 Å². The zero-order valence-corrected chi connectivity index (χ0v) is 16.1. The average molecular weight is 403 g/mol. The number of rotatable bonds is 4.